The molecule has 0 spiro atoms. The molecular formula is C13H14N4. The van der Waals surface area contributed by atoms with Crippen molar-refractivity contribution >= 4 is 17.3 Å². The summed E-state index contributed by atoms with van der Waals surface area (Å²) in [5, 5.41) is 8.08. The highest BCUT2D eigenvalue weighted by Crippen LogP contribution is 2.36. The number of fused-ring (bicyclic) bond motifs is 1. The lowest BCUT2D eigenvalue weighted by atomic mass is 10.1. The van der Waals surface area contributed by atoms with Gasteiger partial charge in [0.25, 0.3) is 0 Å². The van der Waals surface area contributed by atoms with Gasteiger partial charge in [0.1, 0.15) is 5.82 Å². The molecule has 2 N–H and O–H groups in total. The summed E-state index contributed by atoms with van der Waals surface area (Å²) in [6.45, 7) is 2.19. The van der Waals surface area contributed by atoms with Gasteiger partial charge in [0.2, 0.25) is 0 Å². The Labute approximate surface area is 100 Å². The minimum absolute atomic E-state index is 0.408. The summed E-state index contributed by atoms with van der Waals surface area (Å²) in [5.41, 5.74) is 8.14. The van der Waals surface area contributed by atoms with Gasteiger partial charge in [-0.25, -0.2) is 0 Å². The Kier molecular flexibility index (Phi) is 2.21. The normalized spacial score (nSPS) is 18.2. The van der Waals surface area contributed by atoms with Crippen molar-refractivity contribution in [3.63, 3.8) is 0 Å². The van der Waals surface area contributed by atoms with Crippen LogP contribution in [0.2, 0.25) is 0 Å². The van der Waals surface area contributed by atoms with Crippen molar-refractivity contribution in [3.05, 3.63) is 42.0 Å². The van der Waals surface area contributed by atoms with Crippen LogP contribution in [-0.2, 0) is 6.42 Å². The van der Waals surface area contributed by atoms with Crippen LogP contribution in [0.1, 0.15) is 12.5 Å². The van der Waals surface area contributed by atoms with Gasteiger partial charge in [0, 0.05) is 11.7 Å². The van der Waals surface area contributed by atoms with E-state index in [1.54, 1.807) is 6.07 Å². The first-order valence-electron chi connectivity index (χ1n) is 5.72. The molecule has 0 saturated carbocycles. The smallest absolute Gasteiger partial charge is 0.156 e. The molecule has 4 heteroatoms. The summed E-state index contributed by atoms with van der Waals surface area (Å²) in [5.74, 6) is 1.31. The van der Waals surface area contributed by atoms with Crippen LogP contribution in [-0.4, -0.2) is 16.2 Å². The Bertz CT molecular complexity index is 535. The second-order valence-corrected chi connectivity index (χ2v) is 4.37. The van der Waals surface area contributed by atoms with Crippen molar-refractivity contribution in [1.82, 2.24) is 10.2 Å². The van der Waals surface area contributed by atoms with Crippen LogP contribution in [0.15, 0.2) is 36.4 Å². The summed E-state index contributed by atoms with van der Waals surface area (Å²) < 4.78 is 0. The van der Waals surface area contributed by atoms with Gasteiger partial charge in [-0.05, 0) is 37.1 Å². The van der Waals surface area contributed by atoms with E-state index in [0.717, 1.165) is 12.2 Å². The molecule has 86 valence electrons. The minimum atomic E-state index is 0.408. The Balaban J connectivity index is 2.06. The van der Waals surface area contributed by atoms with Crippen LogP contribution in [0.3, 0.4) is 0 Å². The van der Waals surface area contributed by atoms with E-state index in [1.807, 2.05) is 6.07 Å². The molecule has 0 fully saturated rings. The largest absolute Gasteiger partial charge is 0.382 e. The van der Waals surface area contributed by atoms with Crippen LogP contribution >= 0.6 is 0 Å². The number of nitrogens with zero attached hydrogens (tertiary/aromatic N) is 3. The number of para-hydroxylation sites is 1. The number of hydrogen-bond donors (Lipinski definition) is 1. The van der Waals surface area contributed by atoms with Gasteiger partial charge in [-0.1, -0.05) is 18.2 Å². The lowest BCUT2D eigenvalue weighted by Gasteiger charge is -2.23. The molecule has 1 aliphatic heterocycles. The van der Waals surface area contributed by atoms with Crippen molar-refractivity contribution in [2.45, 2.75) is 19.4 Å². The second kappa shape index (κ2) is 3.73. The number of nitrogen functional groups attached to an aromatic ring is 1. The van der Waals surface area contributed by atoms with Crippen molar-refractivity contribution in [1.29, 1.82) is 0 Å². The molecular weight excluding hydrogens is 212 g/mol. The Morgan fingerprint density at radius 3 is 2.76 bits per heavy atom. The zero-order valence-corrected chi connectivity index (χ0v) is 9.67. The maximum atomic E-state index is 5.56. The van der Waals surface area contributed by atoms with E-state index in [2.05, 4.69) is 46.3 Å². The molecule has 2 heterocycles. The van der Waals surface area contributed by atoms with Crippen molar-refractivity contribution < 1.29 is 0 Å². The van der Waals surface area contributed by atoms with E-state index in [-0.39, 0.29) is 0 Å². The lowest BCUT2D eigenvalue weighted by molar-refractivity contribution is 0.744. The van der Waals surface area contributed by atoms with E-state index in [9.17, 15) is 0 Å². The van der Waals surface area contributed by atoms with Crippen LogP contribution in [0.25, 0.3) is 0 Å². The molecule has 4 nitrogen and oxygen atoms in total. The predicted octanol–water partition coefficient (Wildman–Crippen LogP) is 2.14. The zero-order valence-electron chi connectivity index (χ0n) is 9.67. The zero-order chi connectivity index (χ0) is 11.8. The average molecular weight is 226 g/mol. The minimum Gasteiger partial charge on any atom is -0.382 e. The first-order valence-corrected chi connectivity index (χ1v) is 5.72. The van der Waals surface area contributed by atoms with E-state index in [1.165, 1.54) is 11.3 Å². The van der Waals surface area contributed by atoms with Crippen LogP contribution in [0, 0.1) is 0 Å². The van der Waals surface area contributed by atoms with Crippen LogP contribution in [0.4, 0.5) is 17.3 Å². The van der Waals surface area contributed by atoms with Crippen molar-refractivity contribution in [2.75, 3.05) is 10.6 Å². The molecule has 0 amide bonds. The SMILES string of the molecule is CC1Cc2ccccc2N1c1ccc(N)nn1. The molecule has 0 radical (unpaired) electrons. The Morgan fingerprint density at radius 1 is 1.18 bits per heavy atom. The number of nitrogens with two attached hydrogens (primary N) is 1. The highest BCUT2D eigenvalue weighted by Gasteiger charge is 2.27. The van der Waals surface area contributed by atoms with E-state index in [4.69, 9.17) is 5.73 Å². The van der Waals surface area contributed by atoms with Crippen molar-refractivity contribution in [3.8, 4) is 0 Å². The summed E-state index contributed by atoms with van der Waals surface area (Å²) >= 11 is 0. The quantitative estimate of drug-likeness (QED) is 0.809. The Morgan fingerprint density at radius 2 is 2.00 bits per heavy atom. The molecule has 0 aliphatic carbocycles. The highest BCUT2D eigenvalue weighted by atomic mass is 15.3. The number of rotatable bonds is 1. The third-order valence-corrected chi connectivity index (χ3v) is 3.13. The van der Waals surface area contributed by atoms with E-state index in [0.29, 0.717) is 11.9 Å². The molecule has 2 aromatic rings. The third kappa shape index (κ3) is 1.62. The van der Waals surface area contributed by atoms with Gasteiger partial charge in [-0.3, -0.25) is 0 Å². The summed E-state index contributed by atoms with van der Waals surface area (Å²) in [6, 6.07) is 12.5. The summed E-state index contributed by atoms with van der Waals surface area (Å²) in [7, 11) is 0. The fourth-order valence-electron chi connectivity index (χ4n) is 2.38. The maximum Gasteiger partial charge on any atom is 0.156 e. The number of benzene rings is 1. The molecule has 1 unspecified atom stereocenters. The summed E-state index contributed by atoms with van der Waals surface area (Å²) in [6.07, 6.45) is 1.04. The third-order valence-electron chi connectivity index (χ3n) is 3.13. The van der Waals surface area contributed by atoms with Crippen molar-refractivity contribution in [2.24, 2.45) is 0 Å². The predicted molar refractivity (Wildman–Crippen MR) is 68.2 cm³/mol. The Hall–Kier alpha value is -2.10. The molecule has 0 bridgehead atoms. The van der Waals surface area contributed by atoms with Gasteiger partial charge in [-0.2, -0.15) is 0 Å². The van der Waals surface area contributed by atoms with Gasteiger partial charge in [-0.15, -0.1) is 10.2 Å². The van der Waals surface area contributed by atoms with Crippen LogP contribution < -0.4 is 10.6 Å². The molecule has 1 aromatic carbocycles. The number of aromatic nitrogens is 2. The topological polar surface area (TPSA) is 55.0 Å². The number of hydrogen-bond acceptors (Lipinski definition) is 4. The van der Waals surface area contributed by atoms with Crippen LogP contribution in [0.5, 0.6) is 0 Å². The van der Waals surface area contributed by atoms with Gasteiger partial charge in [0.05, 0.1) is 0 Å². The fourth-order valence-corrected chi connectivity index (χ4v) is 2.38. The van der Waals surface area contributed by atoms with Gasteiger partial charge in [0.15, 0.2) is 5.82 Å². The first-order chi connectivity index (χ1) is 8.25. The standard InChI is InChI=1S/C13H14N4/c1-9-8-10-4-2-3-5-11(10)17(9)13-7-6-12(14)15-16-13/h2-7,9H,8H2,1H3,(H2,14,15). The molecule has 1 aliphatic rings. The first kappa shape index (κ1) is 10.1. The number of anilines is 3. The van der Waals surface area contributed by atoms with Gasteiger partial charge < -0.3 is 10.6 Å². The molecule has 0 saturated heterocycles. The average Bonchev–Trinajstić information content (AvgIpc) is 2.66. The monoisotopic (exact) mass is 226 g/mol. The highest BCUT2D eigenvalue weighted by molar-refractivity contribution is 5.68. The molecule has 1 aromatic heterocycles. The van der Waals surface area contributed by atoms with Gasteiger partial charge >= 0.3 is 0 Å². The van der Waals surface area contributed by atoms with E-state index >= 15 is 0 Å². The molecule has 1 atom stereocenters. The molecule has 17 heavy (non-hydrogen) atoms. The lowest BCUT2D eigenvalue weighted by Crippen LogP contribution is -2.25. The fraction of sp³-hybridized carbons (Fsp3) is 0.231. The van der Waals surface area contributed by atoms with E-state index < -0.39 is 0 Å². The second-order valence-electron chi connectivity index (χ2n) is 4.37. The molecule has 3 rings (SSSR count). The maximum absolute atomic E-state index is 5.56. The summed E-state index contributed by atoms with van der Waals surface area (Å²) in [4.78, 5) is 2.21.